The highest BCUT2D eigenvalue weighted by Crippen LogP contribution is 2.37. The van der Waals surface area contributed by atoms with Gasteiger partial charge in [0, 0.05) is 60.4 Å². The third kappa shape index (κ3) is 5.71. The molecule has 13 rings (SSSR count). The van der Waals surface area contributed by atoms with Gasteiger partial charge in [0.05, 0.1) is 33.5 Å². The molecule has 0 saturated carbocycles. The average Bonchev–Trinajstić information content (AvgIpc) is 4.02. The van der Waals surface area contributed by atoms with Gasteiger partial charge in [0.1, 0.15) is 11.2 Å². The molecule has 0 spiro atoms. The zero-order valence-electron chi connectivity index (χ0n) is 34.0. The number of para-hydroxylation sites is 5. The molecule has 5 heteroatoms. The Labute approximate surface area is 362 Å². The second kappa shape index (κ2) is 14.0. The minimum Gasteiger partial charge on any atom is -0.456 e. The molecule has 0 aliphatic heterocycles. The molecule has 5 nitrogen and oxygen atoms in total. The molecule has 0 unspecified atom stereocenters. The van der Waals surface area contributed by atoms with Crippen molar-refractivity contribution in [1.82, 2.24) is 19.1 Å². The van der Waals surface area contributed by atoms with Crippen LogP contribution < -0.4 is 0 Å². The smallest absolute Gasteiger partial charge is 0.160 e. The molecule has 0 aliphatic rings. The summed E-state index contributed by atoms with van der Waals surface area (Å²) in [7, 11) is 0. The van der Waals surface area contributed by atoms with E-state index in [0.29, 0.717) is 5.82 Å². The normalized spacial score (nSPS) is 11.8. The van der Waals surface area contributed by atoms with Crippen molar-refractivity contribution in [2.24, 2.45) is 0 Å². The third-order valence-electron chi connectivity index (χ3n) is 12.6. The predicted molar refractivity (Wildman–Crippen MR) is 260 cm³/mol. The first-order chi connectivity index (χ1) is 31.2. The lowest BCUT2D eigenvalue weighted by atomic mass is 10.00. The lowest BCUT2D eigenvalue weighted by Crippen LogP contribution is -1.98. The molecule has 0 fully saturated rings. The van der Waals surface area contributed by atoms with Crippen LogP contribution in [0.4, 0.5) is 0 Å². The summed E-state index contributed by atoms with van der Waals surface area (Å²) in [6.07, 6.45) is 0. The van der Waals surface area contributed by atoms with Crippen LogP contribution in [0, 0.1) is 0 Å². The van der Waals surface area contributed by atoms with Gasteiger partial charge in [0.25, 0.3) is 0 Å². The van der Waals surface area contributed by atoms with Crippen molar-refractivity contribution in [2.45, 2.75) is 0 Å². The van der Waals surface area contributed by atoms with Crippen molar-refractivity contribution < 1.29 is 4.42 Å². The Morgan fingerprint density at radius 2 is 0.667 bits per heavy atom. The molecule has 0 radical (unpaired) electrons. The molecule has 0 saturated heterocycles. The molecule has 4 heterocycles. The largest absolute Gasteiger partial charge is 0.456 e. The SMILES string of the molecule is c1ccc2c(c1)oc1ccc(-c3ccc(-c4cc(-c5ccc(-n6c7ccccc7c7ccccc76)cc5)nc(-c5ccc(-n6c7ccccc7c7ccccc76)cc5)n4)cc3)cc12. The monoisotopic (exact) mass is 804 g/mol. The second-order valence-electron chi connectivity index (χ2n) is 16.2. The Kier molecular flexibility index (Phi) is 7.84. The molecule has 63 heavy (non-hydrogen) atoms. The van der Waals surface area contributed by atoms with E-state index in [4.69, 9.17) is 14.4 Å². The minimum absolute atomic E-state index is 0.670. The molecule has 13 aromatic rings. The van der Waals surface area contributed by atoms with Gasteiger partial charge in [-0.05, 0) is 96.1 Å². The predicted octanol–water partition coefficient (Wildman–Crippen LogP) is 15.2. The standard InChI is InChI=1S/C58H36N4O/c1-6-16-52-44(11-1)45-12-2-7-17-53(45)61(52)42-30-25-39(26-31-42)51-36-50(38-23-21-37(22-24-38)41-29-34-57-49(35-41)48-15-5-10-20-56(48)63-57)59-58(60-51)40-27-32-43(33-28-40)62-54-18-8-3-13-46(54)47-14-4-9-19-55(47)62/h1-36H. The first-order valence-electron chi connectivity index (χ1n) is 21.3. The number of furan rings is 1. The maximum Gasteiger partial charge on any atom is 0.160 e. The first kappa shape index (κ1) is 35.2. The van der Waals surface area contributed by atoms with Crippen molar-refractivity contribution in [1.29, 1.82) is 0 Å². The first-order valence-corrected chi connectivity index (χ1v) is 21.3. The van der Waals surface area contributed by atoms with Crippen molar-refractivity contribution in [3.05, 3.63) is 218 Å². The number of fused-ring (bicyclic) bond motifs is 9. The molecular weight excluding hydrogens is 769 g/mol. The summed E-state index contributed by atoms with van der Waals surface area (Å²) in [5.74, 6) is 0.670. The van der Waals surface area contributed by atoms with Gasteiger partial charge in [0.2, 0.25) is 0 Å². The molecule has 0 bridgehead atoms. The summed E-state index contributed by atoms with van der Waals surface area (Å²) in [5, 5.41) is 7.21. The molecule has 4 aromatic heterocycles. The van der Waals surface area contributed by atoms with Crippen LogP contribution in [-0.2, 0) is 0 Å². The maximum absolute atomic E-state index is 6.12. The number of aromatic nitrogens is 4. The fourth-order valence-corrected chi connectivity index (χ4v) is 9.55. The van der Waals surface area contributed by atoms with E-state index in [9.17, 15) is 0 Å². The van der Waals surface area contributed by atoms with Gasteiger partial charge in [-0.2, -0.15) is 0 Å². The Morgan fingerprint density at radius 3 is 1.17 bits per heavy atom. The number of hydrogen-bond acceptors (Lipinski definition) is 3. The highest BCUT2D eigenvalue weighted by atomic mass is 16.3. The van der Waals surface area contributed by atoms with Crippen LogP contribution in [0.5, 0.6) is 0 Å². The van der Waals surface area contributed by atoms with Crippen molar-refractivity contribution in [3.63, 3.8) is 0 Å². The summed E-state index contributed by atoms with van der Waals surface area (Å²) >= 11 is 0. The van der Waals surface area contributed by atoms with E-state index in [0.717, 1.165) is 72.5 Å². The maximum atomic E-state index is 6.12. The highest BCUT2D eigenvalue weighted by Gasteiger charge is 2.16. The van der Waals surface area contributed by atoms with E-state index in [-0.39, 0.29) is 0 Å². The zero-order chi connectivity index (χ0) is 41.4. The Balaban J connectivity index is 0.913. The summed E-state index contributed by atoms with van der Waals surface area (Å²) in [6, 6.07) is 77.3. The van der Waals surface area contributed by atoms with E-state index in [2.05, 4.69) is 215 Å². The van der Waals surface area contributed by atoms with Crippen LogP contribution in [-0.4, -0.2) is 19.1 Å². The van der Waals surface area contributed by atoms with Gasteiger partial charge >= 0.3 is 0 Å². The van der Waals surface area contributed by atoms with E-state index < -0.39 is 0 Å². The van der Waals surface area contributed by atoms with Crippen LogP contribution in [0.1, 0.15) is 0 Å². The van der Waals surface area contributed by atoms with Gasteiger partial charge < -0.3 is 13.6 Å². The van der Waals surface area contributed by atoms with Crippen LogP contribution in [0.3, 0.4) is 0 Å². The highest BCUT2D eigenvalue weighted by molar-refractivity contribution is 6.10. The van der Waals surface area contributed by atoms with Gasteiger partial charge in [-0.15, -0.1) is 0 Å². The number of hydrogen-bond donors (Lipinski definition) is 0. The summed E-state index contributed by atoms with van der Waals surface area (Å²) in [4.78, 5) is 10.5. The molecule has 0 amide bonds. The number of rotatable bonds is 6. The molecular formula is C58H36N4O. The fourth-order valence-electron chi connectivity index (χ4n) is 9.55. The summed E-state index contributed by atoms with van der Waals surface area (Å²) in [6.45, 7) is 0. The zero-order valence-corrected chi connectivity index (χ0v) is 34.0. The molecule has 294 valence electrons. The van der Waals surface area contributed by atoms with E-state index >= 15 is 0 Å². The van der Waals surface area contributed by atoms with Crippen LogP contribution in [0.15, 0.2) is 223 Å². The van der Waals surface area contributed by atoms with Crippen LogP contribution in [0.25, 0.3) is 122 Å². The van der Waals surface area contributed by atoms with E-state index in [1.165, 1.54) is 43.6 Å². The lowest BCUT2D eigenvalue weighted by Gasteiger charge is -2.12. The fraction of sp³-hybridized carbons (Fsp3) is 0. The van der Waals surface area contributed by atoms with E-state index in [1.807, 2.05) is 12.1 Å². The Hall–Kier alpha value is -8.54. The molecule has 0 aliphatic carbocycles. The second-order valence-corrected chi connectivity index (χ2v) is 16.2. The Morgan fingerprint density at radius 1 is 0.286 bits per heavy atom. The van der Waals surface area contributed by atoms with Gasteiger partial charge in [-0.25, -0.2) is 9.97 Å². The molecule has 0 N–H and O–H groups in total. The lowest BCUT2D eigenvalue weighted by molar-refractivity contribution is 0.669. The summed E-state index contributed by atoms with van der Waals surface area (Å²) in [5.41, 5.74) is 15.7. The van der Waals surface area contributed by atoms with Crippen LogP contribution in [0.2, 0.25) is 0 Å². The van der Waals surface area contributed by atoms with Gasteiger partial charge in [-0.1, -0.05) is 133 Å². The molecule has 9 aromatic carbocycles. The molecule has 0 atom stereocenters. The minimum atomic E-state index is 0.670. The quantitative estimate of drug-likeness (QED) is 0.168. The number of benzene rings is 9. The average molecular weight is 805 g/mol. The topological polar surface area (TPSA) is 48.8 Å². The summed E-state index contributed by atoms with van der Waals surface area (Å²) < 4.78 is 10.8. The third-order valence-corrected chi connectivity index (χ3v) is 12.6. The number of nitrogens with zero attached hydrogens (tertiary/aromatic N) is 4. The van der Waals surface area contributed by atoms with E-state index in [1.54, 1.807) is 0 Å². The Bertz CT molecular complexity index is 3610. The van der Waals surface area contributed by atoms with Crippen molar-refractivity contribution in [3.8, 4) is 56.4 Å². The van der Waals surface area contributed by atoms with Crippen molar-refractivity contribution in [2.75, 3.05) is 0 Å². The van der Waals surface area contributed by atoms with Gasteiger partial charge in [-0.3, -0.25) is 0 Å². The van der Waals surface area contributed by atoms with Crippen LogP contribution >= 0.6 is 0 Å². The van der Waals surface area contributed by atoms with Gasteiger partial charge in [0.15, 0.2) is 5.82 Å². The van der Waals surface area contributed by atoms with Crippen molar-refractivity contribution >= 4 is 65.6 Å².